The van der Waals surface area contributed by atoms with Crippen LogP contribution in [0.5, 0.6) is 0 Å². The lowest BCUT2D eigenvalue weighted by atomic mass is 9.86. The summed E-state index contributed by atoms with van der Waals surface area (Å²) < 4.78 is 32.7. The minimum Gasteiger partial charge on any atom is -0.466 e. The molecule has 2 saturated carbocycles. The molecule has 3 N–H and O–H groups in total. The van der Waals surface area contributed by atoms with Gasteiger partial charge < -0.3 is 48.5 Å². The van der Waals surface area contributed by atoms with Gasteiger partial charge in [-0.2, -0.15) is 0 Å². The SMILES string of the molecule is CC(=O)OC(C)=O.CC(=O)OCC(O)COC(C)=O.CC(=O)OCC1CCC(O)C(OC(C)=O)C1.CC(=O)OCC1CCC(OC(C)=O)C(O)C1. The van der Waals surface area contributed by atoms with Gasteiger partial charge in [0.15, 0.2) is 0 Å². The van der Waals surface area contributed by atoms with Crippen LogP contribution in [0.4, 0.5) is 0 Å². The van der Waals surface area contributed by atoms with Crippen molar-refractivity contribution in [1.82, 2.24) is 0 Å². The molecule has 6 atom stereocenters. The third-order valence-corrected chi connectivity index (χ3v) is 6.65. The zero-order valence-electron chi connectivity index (χ0n) is 30.6. The molecule has 294 valence electrons. The van der Waals surface area contributed by atoms with Crippen LogP contribution in [0.3, 0.4) is 0 Å². The van der Waals surface area contributed by atoms with Crippen LogP contribution in [0, 0.1) is 11.8 Å². The number of hydrogen-bond donors (Lipinski definition) is 3. The van der Waals surface area contributed by atoms with Crippen LogP contribution in [0.1, 0.15) is 93.9 Å². The van der Waals surface area contributed by atoms with Gasteiger partial charge in [0.25, 0.3) is 0 Å². The number of ether oxygens (including phenoxy) is 7. The summed E-state index contributed by atoms with van der Waals surface area (Å²) in [6.45, 7) is 10.6. The van der Waals surface area contributed by atoms with Crippen molar-refractivity contribution in [3.63, 3.8) is 0 Å². The lowest BCUT2D eigenvalue weighted by molar-refractivity contribution is -0.159. The molecule has 2 aliphatic rings. The minimum absolute atomic E-state index is 0.150. The Bertz CT molecular complexity index is 1090. The van der Waals surface area contributed by atoms with Crippen molar-refractivity contribution in [3.8, 4) is 0 Å². The van der Waals surface area contributed by atoms with E-state index in [4.69, 9.17) is 24.1 Å². The van der Waals surface area contributed by atoms with Crippen LogP contribution < -0.4 is 0 Å². The van der Waals surface area contributed by atoms with Crippen molar-refractivity contribution >= 4 is 47.8 Å². The van der Waals surface area contributed by atoms with E-state index in [2.05, 4.69) is 14.2 Å². The molecule has 0 aliphatic heterocycles. The summed E-state index contributed by atoms with van der Waals surface area (Å²) in [6, 6.07) is 0. The van der Waals surface area contributed by atoms with Crippen LogP contribution in [0.25, 0.3) is 0 Å². The van der Waals surface area contributed by atoms with Crippen molar-refractivity contribution in [2.45, 2.75) is 124 Å². The second kappa shape index (κ2) is 27.5. The van der Waals surface area contributed by atoms with E-state index in [1.54, 1.807) is 0 Å². The molecule has 0 heterocycles. The van der Waals surface area contributed by atoms with Crippen LogP contribution in [-0.4, -0.2) is 120 Å². The Morgan fingerprint density at radius 2 is 0.882 bits per heavy atom. The summed E-state index contributed by atoms with van der Waals surface area (Å²) in [4.78, 5) is 83.0. The third kappa shape index (κ3) is 30.4. The number of carbonyl (C=O) groups excluding carboxylic acids is 8. The molecule has 2 aliphatic carbocycles. The number of aliphatic hydroxyl groups excluding tert-OH is 3. The van der Waals surface area contributed by atoms with Gasteiger partial charge in [-0.3, -0.25) is 38.4 Å². The lowest BCUT2D eigenvalue weighted by Gasteiger charge is -2.32. The van der Waals surface area contributed by atoms with Crippen LogP contribution in [0.15, 0.2) is 0 Å². The first-order valence-electron chi connectivity index (χ1n) is 16.2. The second-order valence-corrected chi connectivity index (χ2v) is 11.7. The lowest BCUT2D eigenvalue weighted by Crippen LogP contribution is -2.38. The van der Waals surface area contributed by atoms with Gasteiger partial charge in [-0.1, -0.05) is 0 Å². The second-order valence-electron chi connectivity index (χ2n) is 11.7. The fourth-order valence-corrected chi connectivity index (χ4v) is 4.54. The Morgan fingerprint density at radius 3 is 1.24 bits per heavy atom. The Kier molecular flexibility index (Phi) is 26.4. The smallest absolute Gasteiger partial charge is 0.310 e. The Balaban J connectivity index is 0. The van der Waals surface area contributed by atoms with E-state index >= 15 is 0 Å². The molecule has 0 aromatic rings. The van der Waals surface area contributed by atoms with Gasteiger partial charge in [0, 0.05) is 55.4 Å². The van der Waals surface area contributed by atoms with Gasteiger partial charge in [0.1, 0.15) is 31.5 Å². The molecule has 0 spiro atoms. The topological polar surface area (TPSA) is 262 Å². The monoisotopic (exact) mass is 738 g/mol. The predicted molar refractivity (Wildman–Crippen MR) is 173 cm³/mol. The zero-order valence-corrected chi connectivity index (χ0v) is 30.6. The highest BCUT2D eigenvalue weighted by molar-refractivity contribution is 5.82. The number of hydrogen-bond acceptors (Lipinski definition) is 18. The fourth-order valence-electron chi connectivity index (χ4n) is 4.54. The third-order valence-electron chi connectivity index (χ3n) is 6.65. The van der Waals surface area contributed by atoms with Gasteiger partial charge in [0.2, 0.25) is 0 Å². The number of aliphatic hydroxyl groups is 3. The molecule has 18 heteroatoms. The van der Waals surface area contributed by atoms with Crippen LogP contribution in [0.2, 0.25) is 0 Å². The van der Waals surface area contributed by atoms with E-state index < -0.39 is 60.4 Å². The highest BCUT2D eigenvalue weighted by Gasteiger charge is 2.32. The Hall–Kier alpha value is -4.16. The molecule has 0 saturated heterocycles. The molecule has 2 fully saturated rings. The Morgan fingerprint density at radius 1 is 0.490 bits per heavy atom. The highest BCUT2D eigenvalue weighted by Crippen LogP contribution is 2.28. The van der Waals surface area contributed by atoms with E-state index in [0.29, 0.717) is 38.9 Å². The summed E-state index contributed by atoms with van der Waals surface area (Å²) in [5.41, 5.74) is 0. The maximum Gasteiger partial charge on any atom is 0.310 e. The van der Waals surface area contributed by atoms with E-state index in [1.165, 1.54) is 55.4 Å². The highest BCUT2D eigenvalue weighted by atomic mass is 16.6. The van der Waals surface area contributed by atoms with Crippen molar-refractivity contribution in [1.29, 1.82) is 0 Å². The Labute approximate surface area is 297 Å². The first kappa shape index (κ1) is 49.0. The number of rotatable bonds is 10. The van der Waals surface area contributed by atoms with E-state index in [-0.39, 0.29) is 43.0 Å². The fraction of sp³-hybridized carbons (Fsp3) is 0.758. The summed E-state index contributed by atoms with van der Waals surface area (Å²) in [7, 11) is 0. The quantitative estimate of drug-likeness (QED) is 0.159. The first-order chi connectivity index (χ1) is 23.6. The number of carbonyl (C=O) groups is 8. The molecule has 2 rings (SSSR count). The van der Waals surface area contributed by atoms with Gasteiger partial charge in [-0.15, -0.1) is 0 Å². The minimum atomic E-state index is -0.946. The molecule has 0 bridgehead atoms. The van der Waals surface area contributed by atoms with Gasteiger partial charge in [0.05, 0.1) is 25.4 Å². The average molecular weight is 739 g/mol. The largest absolute Gasteiger partial charge is 0.466 e. The first-order valence-corrected chi connectivity index (χ1v) is 16.2. The molecule has 0 aromatic carbocycles. The standard InChI is InChI=1S/2C11H18O5.C7H12O5.C4H6O3/c1-7(12)15-6-9-3-4-11(10(14)5-9)16-8(2)13;1-7(12)15-6-9-3-4-10(14)11(5-9)16-8(2)13;1-5(8)11-3-7(10)4-12-6(2)9;1-3(5)7-4(2)6/h2*9-11,14H,3-6H2,1-2H3;7,10H,3-4H2,1-2H3;1-2H3. The molecular weight excluding hydrogens is 684 g/mol. The molecule has 0 radical (unpaired) electrons. The van der Waals surface area contributed by atoms with Crippen molar-refractivity contribution in [2.24, 2.45) is 11.8 Å². The summed E-state index contributed by atoms with van der Waals surface area (Å²) in [6.07, 6.45) is 0.746. The van der Waals surface area contributed by atoms with Crippen molar-refractivity contribution in [3.05, 3.63) is 0 Å². The van der Waals surface area contributed by atoms with Crippen LogP contribution in [-0.2, 0) is 71.5 Å². The van der Waals surface area contributed by atoms with Gasteiger partial charge in [-0.25, -0.2) is 0 Å². The summed E-state index contributed by atoms with van der Waals surface area (Å²) in [5, 5.41) is 28.4. The van der Waals surface area contributed by atoms with Crippen molar-refractivity contribution in [2.75, 3.05) is 26.4 Å². The maximum atomic E-state index is 10.8. The zero-order chi connectivity index (χ0) is 39.7. The maximum absolute atomic E-state index is 10.8. The van der Waals surface area contributed by atoms with Gasteiger partial charge >= 0.3 is 47.8 Å². The van der Waals surface area contributed by atoms with E-state index in [9.17, 15) is 48.6 Å². The van der Waals surface area contributed by atoms with Crippen molar-refractivity contribution < 1.29 is 86.8 Å². The molecule has 18 nitrogen and oxygen atoms in total. The molecule has 51 heavy (non-hydrogen) atoms. The molecule has 0 aromatic heterocycles. The average Bonchev–Trinajstić information content (AvgIpc) is 2.99. The number of esters is 8. The predicted octanol–water partition coefficient (Wildman–Crippen LogP) is 0.854. The molecular formula is C33H54O18. The summed E-state index contributed by atoms with van der Waals surface area (Å²) >= 11 is 0. The summed E-state index contributed by atoms with van der Waals surface area (Å²) in [5.74, 6) is -3.14. The molecule has 0 amide bonds. The molecule has 6 unspecified atom stereocenters. The van der Waals surface area contributed by atoms with Gasteiger partial charge in [-0.05, 0) is 50.4 Å². The van der Waals surface area contributed by atoms with E-state index in [0.717, 1.165) is 12.8 Å². The normalized spacial score (nSPS) is 21.9. The van der Waals surface area contributed by atoms with Crippen LogP contribution >= 0.6 is 0 Å². The van der Waals surface area contributed by atoms with E-state index in [1.807, 2.05) is 0 Å².